The molecule has 164 valence electrons. The monoisotopic (exact) mass is 440 g/mol. The lowest BCUT2D eigenvalue weighted by molar-refractivity contribution is 0.0925. The highest BCUT2D eigenvalue weighted by atomic mass is 35.5. The Kier molecular flexibility index (Phi) is 7.71. The van der Waals surface area contributed by atoms with Gasteiger partial charge in [-0.1, -0.05) is 41.4 Å². The van der Waals surface area contributed by atoms with Crippen molar-refractivity contribution in [2.24, 2.45) is 0 Å². The normalized spacial score (nSPS) is 12.1. The third kappa shape index (κ3) is 6.57. The van der Waals surface area contributed by atoms with Crippen LogP contribution in [-0.4, -0.2) is 41.2 Å². The number of carbonyl (C=O) groups is 1. The molecular weight excluding hydrogens is 412 g/mol. The molecule has 0 aliphatic rings. The van der Waals surface area contributed by atoms with Gasteiger partial charge in [0.05, 0.1) is 6.04 Å². The zero-order valence-electron chi connectivity index (χ0n) is 18.4. The molecule has 6 nitrogen and oxygen atoms in total. The van der Waals surface area contributed by atoms with Gasteiger partial charge in [0.15, 0.2) is 6.73 Å². The quantitative estimate of drug-likeness (QED) is 0.527. The largest absolute Gasteiger partial charge is 0.471 e. The van der Waals surface area contributed by atoms with Crippen LogP contribution in [0.2, 0.25) is 5.02 Å². The van der Waals surface area contributed by atoms with E-state index in [4.69, 9.17) is 16.3 Å². The first-order valence-electron chi connectivity index (χ1n) is 10.3. The smallest absolute Gasteiger partial charge is 0.272 e. The molecule has 0 aliphatic heterocycles. The van der Waals surface area contributed by atoms with E-state index in [1.807, 2.05) is 64.3 Å². The summed E-state index contributed by atoms with van der Waals surface area (Å²) in [6.45, 7) is 5.13. The molecule has 0 spiro atoms. The van der Waals surface area contributed by atoms with Gasteiger partial charge in [0.1, 0.15) is 11.4 Å². The maximum Gasteiger partial charge on any atom is 0.272 e. The summed E-state index contributed by atoms with van der Waals surface area (Å²) in [6, 6.07) is 15.2. The number of rotatable bonds is 9. The molecule has 1 amide bonds. The molecular formula is C24H29ClN4O2. The van der Waals surface area contributed by atoms with Gasteiger partial charge in [-0.25, -0.2) is 4.68 Å². The number of aryl methyl sites for hydroxylation is 2. The molecule has 1 aromatic heterocycles. The van der Waals surface area contributed by atoms with Gasteiger partial charge in [-0.2, -0.15) is 5.10 Å². The second-order valence-corrected chi connectivity index (χ2v) is 8.39. The molecule has 0 aliphatic carbocycles. The van der Waals surface area contributed by atoms with Gasteiger partial charge in [0, 0.05) is 11.2 Å². The average molecular weight is 441 g/mol. The number of ether oxygens (including phenoxy) is 1. The summed E-state index contributed by atoms with van der Waals surface area (Å²) in [5, 5.41) is 8.15. The summed E-state index contributed by atoms with van der Waals surface area (Å²) in [4.78, 5) is 14.9. The number of nitrogens with one attached hydrogen (secondary N) is 1. The Hall–Kier alpha value is -2.83. The first-order valence-corrected chi connectivity index (χ1v) is 10.6. The van der Waals surface area contributed by atoms with Gasteiger partial charge in [0.25, 0.3) is 5.91 Å². The predicted molar refractivity (Wildman–Crippen MR) is 124 cm³/mol. The Morgan fingerprint density at radius 1 is 1.16 bits per heavy atom. The molecule has 3 aromatic rings. The zero-order valence-corrected chi connectivity index (χ0v) is 19.2. The first-order chi connectivity index (χ1) is 14.8. The fraction of sp³-hybridized carbons (Fsp3) is 0.333. The van der Waals surface area contributed by atoms with Crippen molar-refractivity contribution in [1.82, 2.24) is 20.0 Å². The van der Waals surface area contributed by atoms with Gasteiger partial charge >= 0.3 is 0 Å². The van der Waals surface area contributed by atoms with Crippen LogP contribution in [-0.2, 0) is 6.73 Å². The van der Waals surface area contributed by atoms with Crippen LogP contribution in [0.4, 0.5) is 0 Å². The molecule has 1 atom stereocenters. The van der Waals surface area contributed by atoms with Gasteiger partial charge in [0.2, 0.25) is 0 Å². The third-order valence-corrected chi connectivity index (χ3v) is 5.25. The molecule has 0 radical (unpaired) electrons. The fourth-order valence-electron chi connectivity index (χ4n) is 3.29. The summed E-state index contributed by atoms with van der Waals surface area (Å²) in [5.41, 5.74) is 3.62. The van der Waals surface area contributed by atoms with E-state index in [0.29, 0.717) is 10.7 Å². The predicted octanol–water partition coefficient (Wildman–Crippen LogP) is 4.61. The second-order valence-electron chi connectivity index (χ2n) is 7.95. The van der Waals surface area contributed by atoms with E-state index in [0.717, 1.165) is 29.8 Å². The lowest BCUT2D eigenvalue weighted by Gasteiger charge is -2.21. The first kappa shape index (κ1) is 22.8. The maximum atomic E-state index is 12.9. The number of aromatic nitrogens is 2. The number of amides is 1. The molecule has 0 fully saturated rings. The molecule has 1 unspecified atom stereocenters. The van der Waals surface area contributed by atoms with Crippen molar-refractivity contribution < 1.29 is 9.53 Å². The standard InChI is InChI=1S/C24H29ClN4O2/c1-17-5-10-23(18(2)15-17)31-16-29-14-12-22(27-29)24(30)26-21(11-13-28(3)4)19-6-8-20(25)9-7-19/h5-10,12,14-15,21H,11,13,16H2,1-4H3,(H,26,30). The van der Waals surface area contributed by atoms with Crippen LogP contribution in [0.25, 0.3) is 0 Å². The molecule has 3 rings (SSSR count). The maximum absolute atomic E-state index is 12.9. The molecule has 1 N–H and O–H groups in total. The van der Waals surface area contributed by atoms with Crippen molar-refractivity contribution in [3.8, 4) is 5.75 Å². The van der Waals surface area contributed by atoms with Gasteiger partial charge in [-0.3, -0.25) is 4.79 Å². The highest BCUT2D eigenvalue weighted by Gasteiger charge is 2.18. The number of nitrogens with zero attached hydrogens (tertiary/aromatic N) is 3. The van der Waals surface area contributed by atoms with Crippen LogP contribution in [0.1, 0.15) is 39.6 Å². The van der Waals surface area contributed by atoms with Gasteiger partial charge in [-0.15, -0.1) is 0 Å². The Balaban J connectivity index is 1.65. The van der Waals surface area contributed by atoms with E-state index in [1.165, 1.54) is 5.56 Å². The van der Waals surface area contributed by atoms with Gasteiger partial charge in [-0.05, 0) is 76.3 Å². The molecule has 2 aromatic carbocycles. The molecule has 7 heteroatoms. The molecule has 0 bridgehead atoms. The zero-order chi connectivity index (χ0) is 22.4. The number of hydrogen-bond donors (Lipinski definition) is 1. The summed E-state index contributed by atoms with van der Waals surface area (Å²) < 4.78 is 7.46. The van der Waals surface area contributed by atoms with Crippen molar-refractivity contribution in [2.45, 2.75) is 33.0 Å². The van der Waals surface area contributed by atoms with Crippen LogP contribution in [0.15, 0.2) is 54.7 Å². The average Bonchev–Trinajstić information content (AvgIpc) is 3.20. The van der Waals surface area contributed by atoms with Crippen LogP contribution in [0.5, 0.6) is 5.75 Å². The number of carbonyl (C=O) groups excluding carboxylic acids is 1. The van der Waals surface area contributed by atoms with Crippen LogP contribution in [0, 0.1) is 13.8 Å². The minimum atomic E-state index is -0.219. The Labute approximate surface area is 188 Å². The lowest BCUT2D eigenvalue weighted by Crippen LogP contribution is -2.31. The topological polar surface area (TPSA) is 59.4 Å². The molecule has 31 heavy (non-hydrogen) atoms. The lowest BCUT2D eigenvalue weighted by atomic mass is 10.0. The van der Waals surface area contributed by atoms with Crippen molar-refractivity contribution in [2.75, 3.05) is 20.6 Å². The summed E-state index contributed by atoms with van der Waals surface area (Å²) in [5.74, 6) is 0.586. The summed E-state index contributed by atoms with van der Waals surface area (Å²) >= 11 is 6.02. The van der Waals surface area contributed by atoms with E-state index in [2.05, 4.69) is 21.4 Å². The van der Waals surface area contributed by atoms with Crippen LogP contribution < -0.4 is 10.1 Å². The van der Waals surface area contributed by atoms with E-state index in [9.17, 15) is 4.79 Å². The van der Waals surface area contributed by atoms with Crippen LogP contribution in [0.3, 0.4) is 0 Å². The van der Waals surface area contributed by atoms with Crippen LogP contribution >= 0.6 is 11.6 Å². The number of halogens is 1. The van der Waals surface area contributed by atoms with E-state index >= 15 is 0 Å². The summed E-state index contributed by atoms with van der Waals surface area (Å²) in [7, 11) is 4.02. The van der Waals surface area contributed by atoms with Crippen molar-refractivity contribution >= 4 is 17.5 Å². The Morgan fingerprint density at radius 2 is 1.90 bits per heavy atom. The van der Waals surface area contributed by atoms with Gasteiger partial charge < -0.3 is 15.0 Å². The number of hydrogen-bond acceptors (Lipinski definition) is 4. The van der Waals surface area contributed by atoms with Crippen molar-refractivity contribution in [3.05, 3.63) is 82.1 Å². The number of benzene rings is 2. The fourth-order valence-corrected chi connectivity index (χ4v) is 3.41. The highest BCUT2D eigenvalue weighted by Crippen LogP contribution is 2.21. The second kappa shape index (κ2) is 10.5. The highest BCUT2D eigenvalue weighted by molar-refractivity contribution is 6.30. The third-order valence-electron chi connectivity index (χ3n) is 5.00. The van der Waals surface area contributed by atoms with E-state index < -0.39 is 0 Å². The molecule has 1 heterocycles. The minimum Gasteiger partial charge on any atom is -0.471 e. The summed E-state index contributed by atoms with van der Waals surface area (Å²) in [6.07, 6.45) is 2.52. The van der Waals surface area contributed by atoms with E-state index in [-0.39, 0.29) is 18.7 Å². The van der Waals surface area contributed by atoms with Crippen molar-refractivity contribution in [1.29, 1.82) is 0 Å². The Morgan fingerprint density at radius 3 is 2.58 bits per heavy atom. The molecule has 0 saturated heterocycles. The SMILES string of the molecule is Cc1ccc(OCn2ccc(C(=O)NC(CCN(C)C)c3ccc(Cl)cc3)n2)c(C)c1. The Bertz CT molecular complexity index is 1010. The van der Waals surface area contributed by atoms with E-state index in [1.54, 1.807) is 16.9 Å². The minimum absolute atomic E-state index is 0.135. The molecule has 0 saturated carbocycles. The van der Waals surface area contributed by atoms with Crippen molar-refractivity contribution in [3.63, 3.8) is 0 Å².